The Bertz CT molecular complexity index is 343. The minimum atomic E-state index is -0.554. The Morgan fingerprint density at radius 3 is 2.47 bits per heavy atom. The summed E-state index contributed by atoms with van der Waals surface area (Å²) in [5.41, 5.74) is 2.41. The van der Waals surface area contributed by atoms with E-state index >= 15 is 0 Å². The van der Waals surface area contributed by atoms with Gasteiger partial charge in [-0.15, -0.1) is 4.91 Å². The number of nitroso groups, excluding NO2 is 1. The number of benzene rings is 1. The van der Waals surface area contributed by atoms with Crippen LogP contribution in [-0.2, 0) is 11.2 Å². The van der Waals surface area contributed by atoms with Gasteiger partial charge in [0.05, 0.1) is 0 Å². The third-order valence-corrected chi connectivity index (χ3v) is 2.50. The van der Waals surface area contributed by atoms with Crippen LogP contribution in [0.3, 0.4) is 0 Å². The van der Waals surface area contributed by atoms with E-state index in [4.69, 9.17) is 0 Å². The van der Waals surface area contributed by atoms with E-state index in [1.807, 2.05) is 31.2 Å². The van der Waals surface area contributed by atoms with Crippen molar-refractivity contribution in [2.75, 3.05) is 0 Å². The molecule has 0 aliphatic rings. The topological polar surface area (TPSA) is 46.5 Å². The summed E-state index contributed by atoms with van der Waals surface area (Å²) in [6.07, 6.45) is 1.48. The summed E-state index contributed by atoms with van der Waals surface area (Å²) in [7, 11) is 0. The molecule has 0 aromatic heterocycles. The molecule has 1 aromatic rings. The van der Waals surface area contributed by atoms with Crippen molar-refractivity contribution in [2.45, 2.75) is 26.7 Å². The van der Waals surface area contributed by atoms with Crippen molar-refractivity contribution < 1.29 is 4.79 Å². The summed E-state index contributed by atoms with van der Waals surface area (Å²) in [6.45, 7) is 3.77. The van der Waals surface area contributed by atoms with E-state index < -0.39 is 5.91 Å². The zero-order valence-electron chi connectivity index (χ0n) is 9.06. The van der Waals surface area contributed by atoms with Crippen LogP contribution in [0.4, 0.5) is 0 Å². The quantitative estimate of drug-likeness (QED) is 0.709. The van der Waals surface area contributed by atoms with Crippen molar-refractivity contribution in [3.63, 3.8) is 0 Å². The van der Waals surface area contributed by atoms with E-state index in [0.29, 0.717) is 6.42 Å². The number of amides is 1. The molecule has 0 N–H and O–H groups in total. The zero-order chi connectivity index (χ0) is 11.3. The minimum absolute atomic E-state index is 0.274. The van der Waals surface area contributed by atoms with E-state index in [2.05, 4.69) is 5.18 Å². The lowest BCUT2D eigenvalue weighted by molar-refractivity contribution is -0.121. The summed E-state index contributed by atoms with van der Waals surface area (Å²) in [5, 5.41) is 2.43. The Labute approximate surface area is 89.5 Å². The molecule has 0 saturated carbocycles. The maximum atomic E-state index is 10.9. The first-order valence-corrected chi connectivity index (χ1v) is 5.06. The number of hydrogen-bond acceptors (Lipinski definition) is 2. The molecule has 0 heterocycles. The van der Waals surface area contributed by atoms with Gasteiger partial charge in [0, 0.05) is 11.1 Å². The van der Waals surface area contributed by atoms with Crippen LogP contribution < -0.4 is 0 Å². The van der Waals surface area contributed by atoms with Crippen molar-refractivity contribution in [1.29, 1.82) is 0 Å². The van der Waals surface area contributed by atoms with Gasteiger partial charge in [0.1, 0.15) is 0 Å². The van der Waals surface area contributed by atoms with Crippen molar-refractivity contribution >= 4 is 5.91 Å². The molecular formula is C12H15NO2. The molecule has 0 aliphatic carbocycles. The fourth-order valence-corrected chi connectivity index (χ4v) is 1.35. The third kappa shape index (κ3) is 3.62. The van der Waals surface area contributed by atoms with Crippen LogP contribution in [-0.4, -0.2) is 5.91 Å². The highest BCUT2D eigenvalue weighted by molar-refractivity contribution is 5.78. The molecule has 0 aliphatic heterocycles. The number of aryl methyl sites for hydroxylation is 2. The van der Waals surface area contributed by atoms with Gasteiger partial charge in [-0.05, 0) is 25.3 Å². The standard InChI is InChI=1S/C12H15NO2/c1-9-3-6-11(7-4-9)8-5-10(2)12(14)13-15/h3-4,6-7,10H,5,8H2,1-2H3/t10-/m0/s1. The molecule has 0 spiro atoms. The molecule has 0 saturated heterocycles. The second-order valence-electron chi connectivity index (χ2n) is 3.85. The Hall–Kier alpha value is -1.51. The van der Waals surface area contributed by atoms with Crippen molar-refractivity contribution in [3.05, 3.63) is 40.3 Å². The maximum Gasteiger partial charge on any atom is 0.289 e. The molecule has 0 radical (unpaired) electrons. The van der Waals surface area contributed by atoms with Crippen LogP contribution in [0.1, 0.15) is 24.5 Å². The van der Waals surface area contributed by atoms with E-state index in [-0.39, 0.29) is 5.92 Å². The molecule has 1 rings (SSSR count). The molecule has 3 heteroatoms. The lowest BCUT2D eigenvalue weighted by Gasteiger charge is -2.05. The first kappa shape index (κ1) is 11.6. The Morgan fingerprint density at radius 2 is 1.93 bits per heavy atom. The zero-order valence-corrected chi connectivity index (χ0v) is 9.06. The normalized spacial score (nSPS) is 12.1. The van der Waals surface area contributed by atoms with Gasteiger partial charge in [-0.25, -0.2) is 0 Å². The van der Waals surface area contributed by atoms with Crippen LogP contribution >= 0.6 is 0 Å². The van der Waals surface area contributed by atoms with Gasteiger partial charge >= 0.3 is 0 Å². The lowest BCUT2D eigenvalue weighted by atomic mass is 10.00. The predicted octanol–water partition coefficient (Wildman–Crippen LogP) is 2.86. The fourth-order valence-electron chi connectivity index (χ4n) is 1.35. The number of rotatable bonds is 4. The number of carbonyl (C=O) groups is 1. The summed E-state index contributed by atoms with van der Waals surface area (Å²) in [5.74, 6) is -0.828. The van der Waals surface area contributed by atoms with E-state index in [9.17, 15) is 9.70 Å². The molecule has 0 fully saturated rings. The number of nitrogens with zero attached hydrogens (tertiary/aromatic N) is 1. The monoisotopic (exact) mass is 205 g/mol. The SMILES string of the molecule is Cc1ccc(CC[C@H](C)C(=O)N=O)cc1. The average Bonchev–Trinajstić information content (AvgIpc) is 2.26. The molecule has 1 amide bonds. The van der Waals surface area contributed by atoms with Crippen molar-refractivity contribution in [1.82, 2.24) is 0 Å². The Morgan fingerprint density at radius 1 is 1.33 bits per heavy atom. The first-order chi connectivity index (χ1) is 7.13. The number of carbonyl (C=O) groups excluding carboxylic acids is 1. The van der Waals surface area contributed by atoms with Gasteiger partial charge in [-0.2, -0.15) is 0 Å². The van der Waals surface area contributed by atoms with Crippen molar-refractivity contribution in [2.24, 2.45) is 11.1 Å². The van der Waals surface area contributed by atoms with Crippen LogP contribution in [0, 0.1) is 17.7 Å². The molecular weight excluding hydrogens is 190 g/mol. The minimum Gasteiger partial charge on any atom is -0.269 e. The Balaban J connectivity index is 2.46. The number of hydrogen-bond donors (Lipinski definition) is 0. The van der Waals surface area contributed by atoms with E-state index in [1.165, 1.54) is 11.1 Å². The van der Waals surface area contributed by atoms with Gasteiger partial charge in [-0.1, -0.05) is 36.8 Å². The van der Waals surface area contributed by atoms with Gasteiger partial charge in [0.25, 0.3) is 5.91 Å². The third-order valence-electron chi connectivity index (χ3n) is 2.50. The second kappa shape index (κ2) is 5.39. The molecule has 3 nitrogen and oxygen atoms in total. The second-order valence-corrected chi connectivity index (χ2v) is 3.85. The summed E-state index contributed by atoms with van der Waals surface area (Å²) in [4.78, 5) is 20.9. The Kier molecular flexibility index (Phi) is 4.16. The van der Waals surface area contributed by atoms with Gasteiger partial charge in [-0.3, -0.25) is 4.79 Å². The van der Waals surface area contributed by atoms with Gasteiger partial charge < -0.3 is 0 Å². The lowest BCUT2D eigenvalue weighted by Crippen LogP contribution is -2.08. The smallest absolute Gasteiger partial charge is 0.269 e. The van der Waals surface area contributed by atoms with Crippen LogP contribution in [0.25, 0.3) is 0 Å². The summed E-state index contributed by atoms with van der Waals surface area (Å²) in [6, 6.07) is 8.17. The largest absolute Gasteiger partial charge is 0.289 e. The summed E-state index contributed by atoms with van der Waals surface area (Å²) >= 11 is 0. The first-order valence-electron chi connectivity index (χ1n) is 5.06. The van der Waals surface area contributed by atoms with Gasteiger partial charge in [0.2, 0.25) is 0 Å². The van der Waals surface area contributed by atoms with E-state index in [1.54, 1.807) is 6.92 Å². The maximum absolute atomic E-state index is 10.9. The highest BCUT2D eigenvalue weighted by atomic mass is 16.3. The van der Waals surface area contributed by atoms with Gasteiger partial charge in [0.15, 0.2) is 0 Å². The van der Waals surface area contributed by atoms with Crippen molar-refractivity contribution in [3.8, 4) is 0 Å². The van der Waals surface area contributed by atoms with Crippen LogP contribution in [0.2, 0.25) is 0 Å². The fraction of sp³-hybridized carbons (Fsp3) is 0.417. The average molecular weight is 205 g/mol. The van der Waals surface area contributed by atoms with Crippen LogP contribution in [0.15, 0.2) is 29.4 Å². The molecule has 80 valence electrons. The molecule has 0 bridgehead atoms. The molecule has 1 atom stereocenters. The summed E-state index contributed by atoms with van der Waals surface area (Å²) < 4.78 is 0. The highest BCUT2D eigenvalue weighted by Gasteiger charge is 2.12. The molecule has 15 heavy (non-hydrogen) atoms. The predicted molar refractivity (Wildman–Crippen MR) is 59.5 cm³/mol. The van der Waals surface area contributed by atoms with E-state index in [0.717, 1.165) is 6.42 Å². The van der Waals surface area contributed by atoms with Crippen LogP contribution in [0.5, 0.6) is 0 Å². The highest BCUT2D eigenvalue weighted by Crippen LogP contribution is 2.11. The molecule has 0 unspecified atom stereocenters. The molecule has 1 aromatic carbocycles.